The normalized spacial score (nSPS) is 10.3. The van der Waals surface area contributed by atoms with Crippen molar-refractivity contribution >= 4 is 0 Å². The summed E-state index contributed by atoms with van der Waals surface area (Å²) in [5.41, 5.74) is 2.16. The molecule has 0 saturated heterocycles. The van der Waals surface area contributed by atoms with E-state index in [1.54, 1.807) is 18.2 Å². The maximum Gasteiger partial charge on any atom is 0.239 e. The molecule has 1 aromatic rings. The van der Waals surface area contributed by atoms with Crippen LogP contribution in [0.25, 0.3) is 0 Å². The zero-order valence-electron chi connectivity index (χ0n) is 8.50. The first-order valence-electron chi connectivity index (χ1n) is 4.82. The van der Waals surface area contributed by atoms with Crippen LogP contribution in [0.4, 0.5) is 8.78 Å². The zero-order chi connectivity index (χ0) is 11.3. The minimum atomic E-state index is -2.33. The second kappa shape index (κ2) is 5.45. The maximum atomic E-state index is 12.0. The molecule has 0 bridgehead atoms. The second-order valence-corrected chi connectivity index (χ2v) is 3.17. The summed E-state index contributed by atoms with van der Waals surface area (Å²) < 4.78 is 24.1. The Morgan fingerprint density at radius 3 is 2.73 bits per heavy atom. The van der Waals surface area contributed by atoms with Crippen molar-refractivity contribution in [2.45, 2.75) is 26.2 Å². The molecule has 1 nitrogen and oxygen atoms in total. The van der Waals surface area contributed by atoms with E-state index in [0.29, 0.717) is 12.0 Å². The SMILES string of the molecule is CCc1c(C#N)cccc1[CH]CC(F)F. The smallest absolute Gasteiger partial charge is 0.211 e. The molecule has 0 N–H and O–H groups in total. The van der Waals surface area contributed by atoms with Crippen LogP contribution in [0, 0.1) is 17.8 Å². The third-order valence-electron chi connectivity index (χ3n) is 2.20. The Morgan fingerprint density at radius 2 is 2.20 bits per heavy atom. The molecule has 0 aliphatic rings. The lowest BCUT2D eigenvalue weighted by Gasteiger charge is -2.08. The van der Waals surface area contributed by atoms with E-state index in [4.69, 9.17) is 5.26 Å². The van der Waals surface area contributed by atoms with E-state index < -0.39 is 6.43 Å². The number of hydrogen-bond donors (Lipinski definition) is 0. The molecule has 0 spiro atoms. The van der Waals surface area contributed by atoms with E-state index in [9.17, 15) is 8.78 Å². The highest BCUT2D eigenvalue weighted by Gasteiger charge is 2.09. The molecule has 0 fully saturated rings. The average molecular weight is 208 g/mol. The molecule has 0 aliphatic carbocycles. The van der Waals surface area contributed by atoms with E-state index >= 15 is 0 Å². The highest BCUT2D eigenvalue weighted by Crippen LogP contribution is 2.19. The van der Waals surface area contributed by atoms with Gasteiger partial charge in [-0.25, -0.2) is 8.78 Å². The van der Waals surface area contributed by atoms with Crippen LogP contribution < -0.4 is 0 Å². The van der Waals surface area contributed by atoms with E-state index in [1.165, 1.54) is 6.42 Å². The fourth-order valence-electron chi connectivity index (χ4n) is 1.51. The van der Waals surface area contributed by atoms with Crippen molar-refractivity contribution in [1.29, 1.82) is 5.26 Å². The summed E-state index contributed by atoms with van der Waals surface area (Å²) in [6.07, 6.45) is -0.425. The first-order valence-corrected chi connectivity index (χ1v) is 4.82. The molecule has 0 atom stereocenters. The molecule has 0 amide bonds. The number of rotatable bonds is 4. The van der Waals surface area contributed by atoms with Gasteiger partial charge in [-0.3, -0.25) is 0 Å². The molecular formula is C12H12F2N. The Morgan fingerprint density at radius 1 is 1.47 bits per heavy atom. The minimum absolute atomic E-state index is 0.262. The van der Waals surface area contributed by atoms with E-state index in [1.807, 2.05) is 6.92 Å². The number of nitrogens with zero attached hydrogens (tertiary/aromatic N) is 1. The summed E-state index contributed by atoms with van der Waals surface area (Å²) >= 11 is 0. The maximum absolute atomic E-state index is 12.0. The van der Waals surface area contributed by atoms with Gasteiger partial charge >= 0.3 is 0 Å². The molecule has 1 aromatic carbocycles. The number of benzene rings is 1. The van der Waals surface area contributed by atoms with Crippen LogP contribution in [0.3, 0.4) is 0 Å². The van der Waals surface area contributed by atoms with Crippen molar-refractivity contribution in [2.24, 2.45) is 0 Å². The molecule has 3 heteroatoms. The van der Waals surface area contributed by atoms with Crippen molar-refractivity contribution in [3.8, 4) is 6.07 Å². The highest BCUT2D eigenvalue weighted by molar-refractivity contribution is 5.45. The van der Waals surface area contributed by atoms with E-state index in [2.05, 4.69) is 6.07 Å². The molecule has 79 valence electrons. The van der Waals surface area contributed by atoms with Gasteiger partial charge < -0.3 is 0 Å². The fraction of sp³-hybridized carbons (Fsp3) is 0.333. The quantitative estimate of drug-likeness (QED) is 0.744. The molecule has 0 aliphatic heterocycles. The Labute approximate surface area is 88.3 Å². The van der Waals surface area contributed by atoms with E-state index in [0.717, 1.165) is 11.1 Å². The van der Waals surface area contributed by atoms with Crippen molar-refractivity contribution in [3.63, 3.8) is 0 Å². The third kappa shape index (κ3) is 3.02. The topological polar surface area (TPSA) is 23.8 Å². The monoisotopic (exact) mass is 208 g/mol. The second-order valence-electron chi connectivity index (χ2n) is 3.17. The lowest BCUT2D eigenvalue weighted by molar-refractivity contribution is 0.148. The van der Waals surface area contributed by atoms with Crippen molar-refractivity contribution in [1.82, 2.24) is 0 Å². The molecule has 0 unspecified atom stereocenters. The first-order chi connectivity index (χ1) is 7.19. The average Bonchev–Trinajstić information content (AvgIpc) is 2.25. The van der Waals surface area contributed by atoms with Crippen molar-refractivity contribution < 1.29 is 8.78 Å². The van der Waals surface area contributed by atoms with Gasteiger partial charge in [0.1, 0.15) is 0 Å². The van der Waals surface area contributed by atoms with Crippen LogP contribution in [-0.4, -0.2) is 6.43 Å². The Hall–Kier alpha value is -1.43. The molecule has 0 heterocycles. The summed E-state index contributed by atoms with van der Waals surface area (Å²) in [6, 6.07) is 7.26. The Bertz CT molecular complexity index is 366. The standard InChI is InChI=1S/C12H12F2N/c1-2-11-9(6-7-12(13)14)4-3-5-10(11)8-15/h3-6,12H,2,7H2,1H3. The lowest BCUT2D eigenvalue weighted by atomic mass is 9.96. The van der Waals surface area contributed by atoms with Gasteiger partial charge in [0.05, 0.1) is 11.6 Å². The lowest BCUT2D eigenvalue weighted by Crippen LogP contribution is -1.98. The fourth-order valence-corrected chi connectivity index (χ4v) is 1.51. The van der Waals surface area contributed by atoms with Crippen molar-refractivity contribution in [3.05, 3.63) is 41.3 Å². The third-order valence-corrected chi connectivity index (χ3v) is 2.20. The Balaban J connectivity index is 2.92. The molecule has 1 rings (SSSR count). The van der Waals surface area contributed by atoms with Gasteiger partial charge in [0.15, 0.2) is 0 Å². The van der Waals surface area contributed by atoms with Gasteiger partial charge in [0.2, 0.25) is 6.43 Å². The molecule has 1 radical (unpaired) electrons. The molecular weight excluding hydrogens is 196 g/mol. The van der Waals surface area contributed by atoms with Crippen LogP contribution in [0.1, 0.15) is 30.0 Å². The van der Waals surface area contributed by atoms with Crippen LogP contribution in [0.2, 0.25) is 0 Å². The summed E-state index contributed by atoms with van der Waals surface area (Å²) in [6.45, 7) is 1.91. The largest absolute Gasteiger partial charge is 0.239 e. The minimum Gasteiger partial charge on any atom is -0.211 e. The summed E-state index contributed by atoms with van der Waals surface area (Å²) in [7, 11) is 0. The van der Waals surface area contributed by atoms with Crippen molar-refractivity contribution in [2.75, 3.05) is 0 Å². The predicted octanol–water partition coefficient (Wildman–Crippen LogP) is 3.33. The predicted molar refractivity (Wildman–Crippen MR) is 54.6 cm³/mol. The molecule has 15 heavy (non-hydrogen) atoms. The molecule has 0 aromatic heterocycles. The highest BCUT2D eigenvalue weighted by atomic mass is 19.3. The summed E-state index contributed by atoms with van der Waals surface area (Å²) in [5.74, 6) is 0. The summed E-state index contributed by atoms with van der Waals surface area (Å²) in [5, 5.41) is 8.84. The van der Waals surface area contributed by atoms with Crippen LogP contribution >= 0.6 is 0 Å². The van der Waals surface area contributed by atoms with Crippen LogP contribution in [0.5, 0.6) is 0 Å². The zero-order valence-corrected chi connectivity index (χ0v) is 8.50. The van der Waals surface area contributed by atoms with Gasteiger partial charge in [-0.05, 0) is 30.0 Å². The Kier molecular flexibility index (Phi) is 4.23. The first kappa shape index (κ1) is 11.6. The number of nitriles is 1. The van der Waals surface area contributed by atoms with Gasteiger partial charge in [-0.1, -0.05) is 19.1 Å². The number of hydrogen-bond acceptors (Lipinski definition) is 1. The summed E-state index contributed by atoms with van der Waals surface area (Å²) in [4.78, 5) is 0. The van der Waals surface area contributed by atoms with Crippen LogP contribution in [-0.2, 0) is 6.42 Å². The van der Waals surface area contributed by atoms with Gasteiger partial charge in [-0.15, -0.1) is 0 Å². The van der Waals surface area contributed by atoms with Gasteiger partial charge in [0.25, 0.3) is 0 Å². The van der Waals surface area contributed by atoms with Gasteiger partial charge in [0, 0.05) is 6.42 Å². The molecule has 0 saturated carbocycles. The van der Waals surface area contributed by atoms with Crippen LogP contribution in [0.15, 0.2) is 18.2 Å². The van der Waals surface area contributed by atoms with E-state index in [-0.39, 0.29) is 6.42 Å². The van der Waals surface area contributed by atoms with Gasteiger partial charge in [-0.2, -0.15) is 5.26 Å². The number of halogens is 2. The number of alkyl halides is 2.